The number of unbranched alkanes of at least 4 members (excludes halogenated alkanes) is 7. The van der Waals surface area contributed by atoms with Gasteiger partial charge < -0.3 is 4.55 Å². The number of hydrogen-bond acceptors (Lipinski definition) is 4. The molecule has 1 aromatic rings. The maximum Gasteiger partial charge on any atom is 0.485 e. The molecule has 0 amide bonds. The molecule has 0 N–H and O–H groups in total. The Labute approximate surface area is 152 Å². The van der Waals surface area contributed by atoms with E-state index >= 15 is 0 Å². The number of rotatable bonds is 11. The van der Waals surface area contributed by atoms with Gasteiger partial charge in [0.15, 0.2) is 10.1 Å². The molecule has 0 aliphatic rings. The number of aromatic nitrogens is 3. The van der Waals surface area contributed by atoms with E-state index in [4.69, 9.17) is 13.0 Å². The Morgan fingerprint density at radius 3 is 2.04 bits per heavy atom. The summed E-state index contributed by atoms with van der Waals surface area (Å²) in [6.45, 7) is 3.29. The van der Waals surface area contributed by atoms with Crippen molar-refractivity contribution in [2.45, 2.75) is 76.9 Å². The van der Waals surface area contributed by atoms with Gasteiger partial charge in [0, 0.05) is 5.10 Å². The van der Waals surface area contributed by atoms with Crippen LogP contribution in [0.3, 0.4) is 0 Å². The van der Waals surface area contributed by atoms with Crippen molar-refractivity contribution in [1.82, 2.24) is 9.78 Å². The number of nitrogens with zero attached hydrogens (tertiary/aromatic N) is 3. The van der Waals surface area contributed by atoms with Gasteiger partial charge in [-0.25, -0.2) is 17.4 Å². The summed E-state index contributed by atoms with van der Waals surface area (Å²) in [7, 11) is -6.09. The highest BCUT2D eigenvalue weighted by Crippen LogP contribution is 2.20. The smallest absolute Gasteiger partial charge is 0.485 e. The second-order valence-corrected chi connectivity index (χ2v) is 7.18. The Balaban J connectivity index is 0.000000660. The van der Waals surface area contributed by atoms with Gasteiger partial charge in [-0.15, -0.1) is 4.68 Å². The van der Waals surface area contributed by atoms with E-state index in [1.807, 2.05) is 11.0 Å². The summed E-state index contributed by atoms with van der Waals surface area (Å²) >= 11 is 0. The van der Waals surface area contributed by atoms with E-state index in [0.717, 1.165) is 6.54 Å². The van der Waals surface area contributed by atoms with E-state index in [0.29, 0.717) is 6.54 Å². The van der Waals surface area contributed by atoms with E-state index in [1.54, 1.807) is 10.9 Å². The van der Waals surface area contributed by atoms with Crippen LogP contribution in [0.25, 0.3) is 0 Å². The van der Waals surface area contributed by atoms with E-state index in [2.05, 4.69) is 12.0 Å². The molecule has 0 bridgehead atoms. The van der Waals surface area contributed by atoms with Gasteiger partial charge in [-0.1, -0.05) is 51.9 Å². The van der Waals surface area contributed by atoms with Crippen molar-refractivity contribution in [3.05, 3.63) is 12.7 Å². The highest BCUT2D eigenvalue weighted by Gasteiger charge is 2.36. The highest BCUT2D eigenvalue weighted by molar-refractivity contribution is 7.86. The summed E-state index contributed by atoms with van der Waals surface area (Å²) < 4.78 is 74.7. The number of halogens is 4. The van der Waals surface area contributed by atoms with Crippen LogP contribution < -0.4 is 4.57 Å². The van der Waals surface area contributed by atoms with Crippen molar-refractivity contribution in [3.8, 4) is 0 Å². The second-order valence-electron chi connectivity index (χ2n) is 5.81. The van der Waals surface area contributed by atoms with Crippen LogP contribution in [0.4, 0.5) is 17.6 Å². The van der Waals surface area contributed by atoms with Crippen molar-refractivity contribution >= 4 is 10.1 Å². The first kappa shape index (κ1) is 24.8. The SMILES string of the molecule is CCCCCCCCCCn1c[n+](CCF)cn1.O=S(=O)([O-])C(F)(F)F. The highest BCUT2D eigenvalue weighted by atomic mass is 32.2. The van der Waals surface area contributed by atoms with Gasteiger partial charge in [-0.05, 0) is 6.42 Å². The van der Waals surface area contributed by atoms with Gasteiger partial charge in [-0.3, -0.25) is 0 Å². The Hall–Kier alpha value is -1.23. The molecule has 154 valence electrons. The fourth-order valence-corrected chi connectivity index (χ4v) is 2.10. The third-order valence-corrected chi connectivity index (χ3v) is 4.06. The summed E-state index contributed by atoms with van der Waals surface area (Å²) in [5.41, 5.74) is -5.65. The minimum absolute atomic E-state index is 0.325. The zero-order valence-electron chi connectivity index (χ0n) is 14.9. The normalized spacial score (nSPS) is 11.9. The molecule has 0 fully saturated rings. The van der Waals surface area contributed by atoms with Crippen LogP contribution in [0.5, 0.6) is 0 Å². The summed E-state index contributed by atoms with van der Waals surface area (Å²) in [6.07, 6.45) is 14.2. The second kappa shape index (κ2) is 13.0. The molecule has 11 heteroatoms. The lowest BCUT2D eigenvalue weighted by Gasteiger charge is -2.08. The van der Waals surface area contributed by atoms with Crippen LogP contribution in [0.15, 0.2) is 12.7 Å². The average molecular weight is 405 g/mol. The Morgan fingerprint density at radius 2 is 1.58 bits per heavy atom. The lowest BCUT2D eigenvalue weighted by Crippen LogP contribution is -2.32. The van der Waals surface area contributed by atoms with Crippen LogP contribution in [-0.2, 0) is 23.2 Å². The van der Waals surface area contributed by atoms with Gasteiger partial charge in [0.1, 0.15) is 13.2 Å². The molecule has 0 atom stereocenters. The van der Waals surface area contributed by atoms with E-state index < -0.39 is 15.6 Å². The molecular formula is C15H27F4N3O3S. The largest absolute Gasteiger partial charge is 0.741 e. The Morgan fingerprint density at radius 1 is 1.08 bits per heavy atom. The third-order valence-electron chi connectivity index (χ3n) is 3.50. The van der Waals surface area contributed by atoms with Gasteiger partial charge >= 0.3 is 5.51 Å². The van der Waals surface area contributed by atoms with Gasteiger partial charge in [0.05, 0.1) is 6.54 Å². The fourth-order valence-electron chi connectivity index (χ4n) is 2.10. The molecule has 0 saturated heterocycles. The summed E-state index contributed by atoms with van der Waals surface area (Å²) in [6, 6.07) is 0. The lowest BCUT2D eigenvalue weighted by molar-refractivity contribution is -0.697. The van der Waals surface area contributed by atoms with Crippen molar-refractivity contribution in [3.63, 3.8) is 0 Å². The zero-order valence-corrected chi connectivity index (χ0v) is 15.7. The number of alkyl halides is 4. The Kier molecular flexibility index (Phi) is 12.4. The standard InChI is InChI=1S/C14H27FN3.CHF3O3S/c1-2-3-4-5-6-7-8-9-11-18-14-17(12-10-15)13-16-18;2-1(3,4)8(5,6)7/h13-14H,2-12H2,1H3;(H,5,6,7)/q+1;/p-1. The van der Waals surface area contributed by atoms with Crippen LogP contribution in [0.1, 0.15) is 58.3 Å². The quantitative estimate of drug-likeness (QED) is 0.186. The molecule has 0 saturated carbocycles. The van der Waals surface area contributed by atoms with E-state index in [9.17, 15) is 17.6 Å². The van der Waals surface area contributed by atoms with Crippen molar-refractivity contribution < 1.29 is 35.1 Å². The molecule has 26 heavy (non-hydrogen) atoms. The number of aryl methyl sites for hydroxylation is 2. The third kappa shape index (κ3) is 12.2. The molecule has 1 aromatic heterocycles. The molecule has 1 rings (SSSR count). The molecule has 0 unspecified atom stereocenters. The van der Waals surface area contributed by atoms with Crippen LogP contribution >= 0.6 is 0 Å². The van der Waals surface area contributed by atoms with E-state index in [-0.39, 0.29) is 6.67 Å². The molecule has 0 aliphatic heterocycles. The molecule has 6 nitrogen and oxygen atoms in total. The van der Waals surface area contributed by atoms with Crippen molar-refractivity contribution in [2.24, 2.45) is 0 Å². The lowest BCUT2D eigenvalue weighted by atomic mass is 10.1. The van der Waals surface area contributed by atoms with Crippen LogP contribution in [-0.4, -0.2) is 34.9 Å². The summed E-state index contributed by atoms with van der Waals surface area (Å²) in [5.74, 6) is 0. The van der Waals surface area contributed by atoms with Crippen LogP contribution in [0.2, 0.25) is 0 Å². The van der Waals surface area contributed by atoms with E-state index in [1.165, 1.54) is 51.4 Å². The average Bonchev–Trinajstić information content (AvgIpc) is 2.96. The molecular weight excluding hydrogens is 378 g/mol. The van der Waals surface area contributed by atoms with Crippen LogP contribution in [0, 0.1) is 0 Å². The molecule has 1 heterocycles. The Bertz CT molecular complexity index is 577. The maximum atomic E-state index is 12.1. The minimum atomic E-state index is -6.09. The predicted octanol–water partition coefficient (Wildman–Crippen LogP) is 3.33. The van der Waals surface area contributed by atoms with Gasteiger partial charge in [0.2, 0.25) is 6.33 Å². The molecule has 0 aliphatic carbocycles. The summed E-state index contributed by atoms with van der Waals surface area (Å²) in [4.78, 5) is 0. The summed E-state index contributed by atoms with van der Waals surface area (Å²) in [5, 5.41) is 4.21. The predicted molar refractivity (Wildman–Crippen MR) is 86.8 cm³/mol. The molecule has 0 spiro atoms. The first-order valence-corrected chi connectivity index (χ1v) is 10.0. The zero-order chi connectivity index (χ0) is 20.1. The molecule has 0 radical (unpaired) electrons. The van der Waals surface area contributed by atoms with Crippen molar-refractivity contribution in [2.75, 3.05) is 6.67 Å². The molecule has 0 aromatic carbocycles. The van der Waals surface area contributed by atoms with Gasteiger partial charge in [0.25, 0.3) is 6.33 Å². The first-order valence-electron chi connectivity index (χ1n) is 8.61. The monoisotopic (exact) mass is 405 g/mol. The number of hydrogen-bond donors (Lipinski definition) is 0. The maximum absolute atomic E-state index is 12.1. The first-order chi connectivity index (χ1) is 12.1. The van der Waals surface area contributed by atoms with Gasteiger partial charge in [-0.2, -0.15) is 13.2 Å². The minimum Gasteiger partial charge on any atom is -0.741 e. The topological polar surface area (TPSA) is 78.9 Å². The fraction of sp³-hybridized carbons (Fsp3) is 0.867. The van der Waals surface area contributed by atoms with Crippen molar-refractivity contribution in [1.29, 1.82) is 0 Å².